The Hall–Kier alpha value is -2.64. The fourth-order valence-electron chi connectivity index (χ4n) is 2.98. The minimum absolute atomic E-state index is 0.145. The lowest BCUT2D eigenvalue weighted by molar-refractivity contribution is -0.130. The van der Waals surface area contributed by atoms with Gasteiger partial charge in [-0.2, -0.15) is 0 Å². The Bertz CT molecular complexity index is 720. The van der Waals surface area contributed by atoms with Gasteiger partial charge >= 0.3 is 6.03 Å². The van der Waals surface area contributed by atoms with Crippen LogP contribution in [0.5, 0.6) is 0 Å². The largest absolute Gasteiger partial charge is 0.345 e. The van der Waals surface area contributed by atoms with E-state index in [0.717, 1.165) is 32.4 Å². The molecule has 0 unspecified atom stereocenters. The van der Waals surface area contributed by atoms with E-state index in [1.807, 2.05) is 4.90 Å². The van der Waals surface area contributed by atoms with E-state index in [9.17, 15) is 9.59 Å². The van der Waals surface area contributed by atoms with E-state index in [1.165, 1.54) is 6.20 Å². The van der Waals surface area contributed by atoms with Gasteiger partial charge < -0.3 is 15.2 Å². The number of hydrogen-bond donors (Lipinski definition) is 3. The minimum atomic E-state index is -0.277. The van der Waals surface area contributed by atoms with Crippen LogP contribution in [0.25, 0.3) is 11.2 Å². The normalized spacial score (nSPS) is 15.5. The second-order valence-electron chi connectivity index (χ2n) is 6.09. The summed E-state index contributed by atoms with van der Waals surface area (Å²) in [5, 5.41) is 5.54. The highest BCUT2D eigenvalue weighted by molar-refractivity contribution is 5.89. The zero-order valence-corrected chi connectivity index (χ0v) is 13.7. The van der Waals surface area contributed by atoms with E-state index in [-0.39, 0.29) is 11.9 Å². The Morgan fingerprint density at radius 1 is 1.38 bits per heavy atom. The van der Waals surface area contributed by atoms with Crippen LogP contribution in [0.15, 0.2) is 18.5 Å². The molecule has 8 heteroatoms. The van der Waals surface area contributed by atoms with Crippen molar-refractivity contribution in [3.63, 3.8) is 0 Å². The van der Waals surface area contributed by atoms with Crippen LogP contribution in [0.4, 0.5) is 10.6 Å². The molecule has 0 radical (unpaired) electrons. The summed E-state index contributed by atoms with van der Waals surface area (Å²) in [7, 11) is 0. The number of H-pyrrole nitrogens is 1. The van der Waals surface area contributed by atoms with Gasteiger partial charge in [0.1, 0.15) is 5.52 Å². The monoisotopic (exact) mass is 330 g/mol. The number of aromatic amines is 1. The van der Waals surface area contributed by atoms with Crippen molar-refractivity contribution in [3.05, 3.63) is 18.5 Å². The molecule has 24 heavy (non-hydrogen) atoms. The highest BCUT2D eigenvalue weighted by Gasteiger charge is 2.20. The third-order valence-corrected chi connectivity index (χ3v) is 4.40. The maximum Gasteiger partial charge on any atom is 0.320 e. The molecule has 1 saturated heterocycles. The molecular weight excluding hydrogens is 308 g/mol. The van der Waals surface area contributed by atoms with E-state index < -0.39 is 0 Å². The molecule has 2 aromatic rings. The van der Waals surface area contributed by atoms with Gasteiger partial charge in [-0.1, -0.05) is 0 Å². The van der Waals surface area contributed by atoms with E-state index >= 15 is 0 Å². The van der Waals surface area contributed by atoms with E-state index in [4.69, 9.17) is 0 Å². The molecule has 0 atom stereocenters. The number of hydrogen-bond acceptors (Lipinski definition) is 4. The first-order valence-corrected chi connectivity index (χ1v) is 8.22. The second-order valence-corrected chi connectivity index (χ2v) is 6.09. The number of carbonyl (C=O) groups excluding carboxylic acids is 2. The lowest BCUT2D eigenvalue weighted by atomic mass is 9.93. The fraction of sp³-hybridized carbons (Fsp3) is 0.500. The summed E-state index contributed by atoms with van der Waals surface area (Å²) < 4.78 is 0. The van der Waals surface area contributed by atoms with Gasteiger partial charge in [0.2, 0.25) is 5.91 Å². The van der Waals surface area contributed by atoms with E-state index in [1.54, 1.807) is 19.2 Å². The Labute approximate surface area is 140 Å². The van der Waals surface area contributed by atoms with Crippen LogP contribution in [-0.2, 0) is 4.79 Å². The molecule has 0 spiro atoms. The molecule has 8 nitrogen and oxygen atoms in total. The molecule has 0 bridgehead atoms. The molecule has 3 rings (SSSR count). The number of amides is 3. The molecule has 2 aromatic heterocycles. The quantitative estimate of drug-likeness (QED) is 0.794. The average Bonchev–Trinajstić information content (AvgIpc) is 3.03. The SMILES string of the molecule is CC(=O)N1CCC(CCNC(=O)Nc2cnc3[nH]ccc3n2)CC1. The number of likely N-dealkylation sites (tertiary alicyclic amines) is 1. The molecule has 3 amide bonds. The average molecular weight is 330 g/mol. The number of fused-ring (bicyclic) bond motifs is 1. The Balaban J connectivity index is 1.39. The van der Waals surface area contributed by atoms with Crippen LogP contribution in [0, 0.1) is 5.92 Å². The number of rotatable bonds is 4. The van der Waals surface area contributed by atoms with E-state index in [0.29, 0.717) is 29.4 Å². The molecule has 1 fully saturated rings. The number of aromatic nitrogens is 3. The van der Waals surface area contributed by atoms with Crippen LogP contribution >= 0.6 is 0 Å². The van der Waals surface area contributed by atoms with Gasteiger partial charge in [-0.15, -0.1) is 0 Å². The Kier molecular flexibility index (Phi) is 4.93. The first-order valence-electron chi connectivity index (χ1n) is 8.22. The third kappa shape index (κ3) is 4.01. The summed E-state index contributed by atoms with van der Waals surface area (Å²) in [6, 6.07) is 1.53. The summed E-state index contributed by atoms with van der Waals surface area (Å²) in [4.78, 5) is 36.5. The molecule has 0 saturated carbocycles. The molecule has 1 aliphatic heterocycles. The van der Waals surface area contributed by atoms with Gasteiger partial charge in [-0.25, -0.2) is 14.8 Å². The number of anilines is 1. The van der Waals surface area contributed by atoms with Crippen molar-refractivity contribution in [2.24, 2.45) is 5.92 Å². The number of nitrogens with zero attached hydrogens (tertiary/aromatic N) is 3. The molecule has 128 valence electrons. The minimum Gasteiger partial charge on any atom is -0.345 e. The van der Waals surface area contributed by atoms with Crippen LogP contribution in [0.1, 0.15) is 26.2 Å². The zero-order valence-electron chi connectivity index (χ0n) is 13.7. The van der Waals surface area contributed by atoms with Crippen molar-refractivity contribution in [1.82, 2.24) is 25.2 Å². The van der Waals surface area contributed by atoms with Crippen molar-refractivity contribution in [2.75, 3.05) is 25.0 Å². The first-order chi connectivity index (χ1) is 11.6. The van der Waals surface area contributed by atoms with Gasteiger partial charge in [-0.05, 0) is 31.2 Å². The summed E-state index contributed by atoms with van der Waals surface area (Å²) >= 11 is 0. The van der Waals surface area contributed by atoms with Gasteiger partial charge in [0.05, 0.1) is 6.20 Å². The summed E-state index contributed by atoms with van der Waals surface area (Å²) in [6.07, 6.45) is 6.19. The number of nitrogens with one attached hydrogen (secondary N) is 3. The molecule has 1 aliphatic rings. The van der Waals surface area contributed by atoms with Crippen molar-refractivity contribution in [1.29, 1.82) is 0 Å². The lowest BCUT2D eigenvalue weighted by Gasteiger charge is -2.31. The predicted octanol–water partition coefficient (Wildman–Crippen LogP) is 1.73. The Morgan fingerprint density at radius 3 is 2.92 bits per heavy atom. The smallest absolute Gasteiger partial charge is 0.320 e. The molecule has 0 aromatic carbocycles. The number of carbonyl (C=O) groups is 2. The van der Waals surface area contributed by atoms with Crippen LogP contribution < -0.4 is 10.6 Å². The van der Waals surface area contributed by atoms with Crippen LogP contribution in [-0.4, -0.2) is 51.4 Å². The fourth-order valence-corrected chi connectivity index (χ4v) is 2.98. The molecular formula is C16H22N6O2. The van der Waals surface area contributed by atoms with Gasteiger partial charge in [0.15, 0.2) is 11.5 Å². The highest BCUT2D eigenvalue weighted by Crippen LogP contribution is 2.19. The molecule has 3 heterocycles. The number of urea groups is 1. The molecule has 3 N–H and O–H groups in total. The topological polar surface area (TPSA) is 103 Å². The third-order valence-electron chi connectivity index (χ3n) is 4.40. The first kappa shape index (κ1) is 16.2. The summed E-state index contributed by atoms with van der Waals surface area (Å²) in [5.74, 6) is 1.12. The zero-order chi connectivity index (χ0) is 16.9. The maximum absolute atomic E-state index is 11.9. The summed E-state index contributed by atoms with van der Waals surface area (Å²) in [5.41, 5.74) is 1.41. The van der Waals surface area contributed by atoms with Gasteiger partial charge in [0.25, 0.3) is 0 Å². The van der Waals surface area contributed by atoms with Crippen molar-refractivity contribution in [2.45, 2.75) is 26.2 Å². The van der Waals surface area contributed by atoms with Crippen molar-refractivity contribution >= 4 is 28.9 Å². The number of piperidine rings is 1. The standard InChI is InChI=1S/C16H22N6O2/c1-11(23)22-8-4-12(5-9-22)2-6-18-16(24)21-14-10-19-15-13(20-14)3-7-17-15/h3,7,10,12H,2,4-6,8-9H2,1H3,(H,17,19)(H2,18,20,21,24). The van der Waals surface area contributed by atoms with Crippen LogP contribution in [0.2, 0.25) is 0 Å². The highest BCUT2D eigenvalue weighted by atomic mass is 16.2. The van der Waals surface area contributed by atoms with Crippen LogP contribution in [0.3, 0.4) is 0 Å². The lowest BCUT2D eigenvalue weighted by Crippen LogP contribution is -2.38. The van der Waals surface area contributed by atoms with Gasteiger partial charge in [-0.3, -0.25) is 10.1 Å². The summed E-state index contributed by atoms with van der Waals surface area (Å²) in [6.45, 7) is 3.85. The second kappa shape index (κ2) is 7.29. The predicted molar refractivity (Wildman–Crippen MR) is 90.5 cm³/mol. The molecule has 0 aliphatic carbocycles. The Morgan fingerprint density at radius 2 is 2.17 bits per heavy atom. The van der Waals surface area contributed by atoms with E-state index in [2.05, 4.69) is 25.6 Å². The van der Waals surface area contributed by atoms with Gasteiger partial charge in [0, 0.05) is 32.8 Å². The van der Waals surface area contributed by atoms with Crippen molar-refractivity contribution in [3.8, 4) is 0 Å². The maximum atomic E-state index is 11.9. The van der Waals surface area contributed by atoms with Crippen molar-refractivity contribution < 1.29 is 9.59 Å².